The molecule has 0 bridgehead atoms. The fraction of sp³-hybridized carbons (Fsp3) is 0.290. The molecule has 0 unspecified atom stereocenters. The predicted molar refractivity (Wildman–Crippen MR) is 149 cm³/mol. The van der Waals surface area contributed by atoms with Crippen molar-refractivity contribution in [3.8, 4) is 11.5 Å². The van der Waals surface area contributed by atoms with E-state index in [-0.39, 0.29) is 12.5 Å². The van der Waals surface area contributed by atoms with E-state index in [0.29, 0.717) is 24.0 Å². The molecule has 4 aromatic rings. The molecule has 0 radical (unpaired) electrons. The highest BCUT2D eigenvalue weighted by atomic mass is 16.5. The quantitative estimate of drug-likeness (QED) is 0.304. The van der Waals surface area contributed by atoms with Gasteiger partial charge in [-0.2, -0.15) is 0 Å². The Hall–Kier alpha value is -4.06. The number of anilines is 2. The second-order valence-corrected chi connectivity index (χ2v) is 9.41. The molecule has 37 heavy (non-hydrogen) atoms. The highest BCUT2D eigenvalue weighted by Crippen LogP contribution is 2.29. The van der Waals surface area contributed by atoms with Gasteiger partial charge in [-0.15, -0.1) is 0 Å². The zero-order valence-electron chi connectivity index (χ0n) is 21.2. The maximum absolute atomic E-state index is 12.5. The minimum absolute atomic E-state index is 0.0941. The van der Waals surface area contributed by atoms with Gasteiger partial charge in [0.1, 0.15) is 22.8 Å². The fourth-order valence-electron chi connectivity index (χ4n) is 4.86. The number of nitrogens with zero attached hydrogens (tertiary/aromatic N) is 2. The number of hydrogen-bond acceptors (Lipinski definition) is 5. The number of fused-ring (bicyclic) bond motifs is 1. The highest BCUT2D eigenvalue weighted by molar-refractivity contribution is 5.92. The number of hydrogen-bond donors (Lipinski definition) is 1. The molecular weight excluding hydrogens is 462 g/mol. The molecule has 1 aliphatic rings. The Bertz CT molecular complexity index is 1320. The third-order valence-corrected chi connectivity index (χ3v) is 6.78. The molecule has 2 heterocycles. The lowest BCUT2D eigenvalue weighted by Gasteiger charge is -2.33. The Morgan fingerprint density at radius 2 is 1.70 bits per heavy atom. The molecule has 0 aliphatic carbocycles. The molecule has 6 heteroatoms. The summed E-state index contributed by atoms with van der Waals surface area (Å²) in [5.74, 6) is 2.82. The zero-order chi connectivity index (χ0) is 25.5. The van der Waals surface area contributed by atoms with Gasteiger partial charge in [-0.3, -0.25) is 4.79 Å². The van der Waals surface area contributed by atoms with Crippen molar-refractivity contribution in [1.29, 1.82) is 0 Å². The lowest BCUT2D eigenvalue weighted by atomic mass is 9.90. The third kappa shape index (κ3) is 6.39. The minimum atomic E-state index is -0.224. The van der Waals surface area contributed by atoms with Gasteiger partial charge in [-0.1, -0.05) is 42.5 Å². The van der Waals surface area contributed by atoms with Gasteiger partial charge in [0, 0.05) is 24.2 Å². The van der Waals surface area contributed by atoms with E-state index in [2.05, 4.69) is 52.7 Å². The van der Waals surface area contributed by atoms with E-state index < -0.39 is 0 Å². The number of amides is 1. The van der Waals surface area contributed by atoms with Crippen molar-refractivity contribution in [3.05, 3.63) is 90.5 Å². The number of benzene rings is 3. The van der Waals surface area contributed by atoms with Crippen LogP contribution in [-0.4, -0.2) is 37.2 Å². The van der Waals surface area contributed by atoms with Gasteiger partial charge in [0.25, 0.3) is 5.91 Å². The van der Waals surface area contributed by atoms with Crippen LogP contribution in [0.3, 0.4) is 0 Å². The molecular formula is C31H33N3O3. The number of ether oxygens (including phenoxy) is 2. The van der Waals surface area contributed by atoms with Gasteiger partial charge in [0.05, 0.1) is 6.61 Å². The molecule has 1 N–H and O–H groups in total. The van der Waals surface area contributed by atoms with Gasteiger partial charge in [0.15, 0.2) is 6.61 Å². The van der Waals surface area contributed by atoms with Crippen molar-refractivity contribution in [2.75, 3.05) is 36.5 Å². The number of rotatable bonds is 9. The van der Waals surface area contributed by atoms with Crippen LogP contribution in [0.1, 0.15) is 25.3 Å². The van der Waals surface area contributed by atoms with Gasteiger partial charge in [0.2, 0.25) is 0 Å². The molecule has 6 nitrogen and oxygen atoms in total. The number of nitrogens with one attached hydrogen (secondary N) is 1. The SMILES string of the molecule is CCOc1ccc(NC(=O)COc2cccc3ccc(N4CCC(Cc5ccccc5)CC4)nc23)cc1. The van der Waals surface area contributed by atoms with Crippen molar-refractivity contribution in [1.82, 2.24) is 4.98 Å². The third-order valence-electron chi connectivity index (χ3n) is 6.78. The molecule has 1 aliphatic heterocycles. The van der Waals surface area contributed by atoms with E-state index >= 15 is 0 Å². The molecule has 1 fully saturated rings. The topological polar surface area (TPSA) is 63.7 Å². The summed E-state index contributed by atoms with van der Waals surface area (Å²) in [6, 6.07) is 28.0. The summed E-state index contributed by atoms with van der Waals surface area (Å²) in [4.78, 5) is 19.8. The first-order chi connectivity index (χ1) is 18.2. The summed E-state index contributed by atoms with van der Waals surface area (Å²) in [7, 11) is 0. The summed E-state index contributed by atoms with van der Waals surface area (Å²) in [5, 5.41) is 3.86. The fourth-order valence-corrected chi connectivity index (χ4v) is 4.86. The van der Waals surface area contributed by atoms with E-state index in [4.69, 9.17) is 14.5 Å². The zero-order valence-corrected chi connectivity index (χ0v) is 21.2. The van der Waals surface area contributed by atoms with Crippen LogP contribution in [0.5, 0.6) is 11.5 Å². The number of carbonyl (C=O) groups excluding carboxylic acids is 1. The first kappa shape index (κ1) is 24.6. The second-order valence-electron chi connectivity index (χ2n) is 9.41. The van der Waals surface area contributed by atoms with Crippen LogP contribution in [0, 0.1) is 5.92 Å². The van der Waals surface area contributed by atoms with E-state index in [0.717, 1.165) is 54.8 Å². The largest absolute Gasteiger partial charge is 0.494 e. The number of para-hydroxylation sites is 1. The van der Waals surface area contributed by atoms with E-state index in [1.165, 1.54) is 5.56 Å². The van der Waals surface area contributed by atoms with Crippen LogP contribution < -0.4 is 19.7 Å². The Balaban J connectivity index is 1.20. The van der Waals surface area contributed by atoms with Crippen LogP contribution in [0.15, 0.2) is 84.9 Å². The maximum Gasteiger partial charge on any atom is 0.262 e. The van der Waals surface area contributed by atoms with Gasteiger partial charge >= 0.3 is 0 Å². The van der Waals surface area contributed by atoms with Gasteiger partial charge in [-0.25, -0.2) is 4.98 Å². The number of aromatic nitrogens is 1. The van der Waals surface area contributed by atoms with Gasteiger partial charge in [-0.05, 0) is 80.1 Å². The van der Waals surface area contributed by atoms with Crippen LogP contribution in [-0.2, 0) is 11.2 Å². The Labute approximate surface area is 218 Å². The summed E-state index contributed by atoms with van der Waals surface area (Å²) in [6.07, 6.45) is 3.44. The highest BCUT2D eigenvalue weighted by Gasteiger charge is 2.21. The van der Waals surface area contributed by atoms with Crippen LogP contribution in [0.25, 0.3) is 10.9 Å². The number of pyridine rings is 1. The average Bonchev–Trinajstić information content (AvgIpc) is 2.94. The summed E-state index contributed by atoms with van der Waals surface area (Å²) >= 11 is 0. The van der Waals surface area contributed by atoms with E-state index in [1.807, 2.05) is 49.4 Å². The Kier molecular flexibility index (Phi) is 7.84. The number of piperidine rings is 1. The first-order valence-corrected chi connectivity index (χ1v) is 13.0. The van der Waals surface area contributed by atoms with E-state index in [9.17, 15) is 4.79 Å². The van der Waals surface area contributed by atoms with Crippen LogP contribution >= 0.6 is 0 Å². The van der Waals surface area contributed by atoms with E-state index in [1.54, 1.807) is 0 Å². The normalized spacial score (nSPS) is 13.9. The molecule has 0 saturated carbocycles. The van der Waals surface area contributed by atoms with Crippen molar-refractivity contribution < 1.29 is 14.3 Å². The lowest BCUT2D eigenvalue weighted by molar-refractivity contribution is -0.118. The standard InChI is InChI=1S/C31H33N3O3/c1-2-36-27-14-12-26(13-15-27)32-30(35)22-37-28-10-6-9-25-11-16-29(33-31(25)28)34-19-17-24(18-20-34)21-23-7-4-3-5-8-23/h3-16,24H,2,17-22H2,1H3,(H,32,35). The molecule has 1 aromatic heterocycles. The molecule has 190 valence electrons. The average molecular weight is 496 g/mol. The van der Waals surface area contributed by atoms with Crippen molar-refractivity contribution >= 4 is 28.3 Å². The second kappa shape index (κ2) is 11.8. The molecule has 0 atom stereocenters. The van der Waals surface area contributed by atoms with Crippen LogP contribution in [0.2, 0.25) is 0 Å². The van der Waals surface area contributed by atoms with Crippen molar-refractivity contribution in [2.45, 2.75) is 26.2 Å². The van der Waals surface area contributed by atoms with Crippen molar-refractivity contribution in [3.63, 3.8) is 0 Å². The first-order valence-electron chi connectivity index (χ1n) is 13.0. The summed E-state index contributed by atoms with van der Waals surface area (Å²) in [5.41, 5.74) is 2.89. The Morgan fingerprint density at radius 3 is 2.46 bits per heavy atom. The molecule has 1 amide bonds. The maximum atomic E-state index is 12.5. The van der Waals surface area contributed by atoms with Crippen LogP contribution in [0.4, 0.5) is 11.5 Å². The summed E-state index contributed by atoms with van der Waals surface area (Å²) < 4.78 is 11.4. The lowest BCUT2D eigenvalue weighted by Crippen LogP contribution is -2.34. The molecule has 1 saturated heterocycles. The minimum Gasteiger partial charge on any atom is -0.494 e. The summed E-state index contributed by atoms with van der Waals surface area (Å²) in [6.45, 7) is 4.43. The molecule has 3 aromatic carbocycles. The van der Waals surface area contributed by atoms with Gasteiger partial charge < -0.3 is 19.7 Å². The molecule has 0 spiro atoms. The predicted octanol–water partition coefficient (Wildman–Crippen LogP) is 6.11. The monoisotopic (exact) mass is 495 g/mol. The number of carbonyl (C=O) groups is 1. The molecule has 5 rings (SSSR count). The van der Waals surface area contributed by atoms with Crippen molar-refractivity contribution in [2.24, 2.45) is 5.92 Å². The Morgan fingerprint density at radius 1 is 0.919 bits per heavy atom. The smallest absolute Gasteiger partial charge is 0.262 e.